The second kappa shape index (κ2) is 4.52. The highest BCUT2D eigenvalue weighted by Crippen LogP contribution is 2.28. The van der Waals surface area contributed by atoms with Crippen molar-refractivity contribution in [2.24, 2.45) is 0 Å². The average molecular weight is 207 g/mol. The number of piperidine rings is 1. The van der Waals surface area contributed by atoms with E-state index < -0.39 is 0 Å². The maximum absolute atomic E-state index is 12.1. The first-order valence-electron chi connectivity index (χ1n) is 5.75. The molecule has 2 amide bonds. The van der Waals surface area contributed by atoms with E-state index in [0.717, 1.165) is 38.8 Å². The van der Waals surface area contributed by atoms with E-state index in [4.69, 9.17) is 5.26 Å². The van der Waals surface area contributed by atoms with Crippen LogP contribution in [0.15, 0.2) is 0 Å². The molecule has 0 bridgehead atoms. The summed E-state index contributed by atoms with van der Waals surface area (Å²) in [6.45, 7) is 1.99. The molecule has 0 N–H and O–H groups in total. The summed E-state index contributed by atoms with van der Waals surface area (Å²) in [7, 11) is 0. The molecule has 1 heterocycles. The number of likely N-dealkylation sites (tertiary alicyclic amines) is 1. The van der Waals surface area contributed by atoms with Gasteiger partial charge < -0.3 is 9.80 Å². The highest BCUT2D eigenvalue weighted by molar-refractivity contribution is 5.75. The summed E-state index contributed by atoms with van der Waals surface area (Å²) >= 11 is 0. The van der Waals surface area contributed by atoms with E-state index in [1.165, 1.54) is 6.42 Å². The van der Waals surface area contributed by atoms with Crippen molar-refractivity contribution in [1.82, 2.24) is 9.80 Å². The summed E-state index contributed by atoms with van der Waals surface area (Å²) in [6.07, 6.45) is 5.58. The van der Waals surface area contributed by atoms with Crippen molar-refractivity contribution in [2.45, 2.75) is 38.1 Å². The molecule has 82 valence electrons. The lowest BCUT2D eigenvalue weighted by Gasteiger charge is -2.31. The molecule has 2 aliphatic rings. The molecule has 2 fully saturated rings. The molecule has 0 aromatic carbocycles. The van der Waals surface area contributed by atoms with Gasteiger partial charge in [0, 0.05) is 19.1 Å². The molecule has 0 spiro atoms. The molecule has 1 aliphatic carbocycles. The molecule has 0 unspecified atom stereocenters. The quantitative estimate of drug-likeness (QED) is 0.645. The summed E-state index contributed by atoms with van der Waals surface area (Å²) < 4.78 is 0. The van der Waals surface area contributed by atoms with Crippen LogP contribution in [0.4, 0.5) is 4.79 Å². The molecule has 2 rings (SSSR count). The van der Waals surface area contributed by atoms with Crippen LogP contribution in [0, 0.1) is 11.3 Å². The summed E-state index contributed by atoms with van der Waals surface area (Å²) in [6, 6.07) is 2.52. The number of hydrogen-bond acceptors (Lipinski definition) is 2. The minimum Gasteiger partial charge on any atom is -0.325 e. The van der Waals surface area contributed by atoms with Gasteiger partial charge in [-0.05, 0) is 32.1 Å². The molecule has 4 nitrogen and oxygen atoms in total. The van der Waals surface area contributed by atoms with Crippen molar-refractivity contribution in [3.8, 4) is 6.07 Å². The van der Waals surface area contributed by atoms with Crippen molar-refractivity contribution in [1.29, 1.82) is 5.26 Å². The maximum atomic E-state index is 12.1. The Morgan fingerprint density at radius 2 is 2.00 bits per heavy atom. The van der Waals surface area contributed by atoms with E-state index >= 15 is 0 Å². The van der Waals surface area contributed by atoms with Crippen LogP contribution in [-0.2, 0) is 0 Å². The van der Waals surface area contributed by atoms with Crippen molar-refractivity contribution >= 4 is 6.03 Å². The van der Waals surface area contributed by atoms with E-state index in [2.05, 4.69) is 6.07 Å². The van der Waals surface area contributed by atoms with Gasteiger partial charge in [0.15, 0.2) is 0 Å². The molecular formula is C11H17N3O. The number of nitriles is 1. The van der Waals surface area contributed by atoms with Crippen LogP contribution in [0.25, 0.3) is 0 Å². The van der Waals surface area contributed by atoms with Crippen LogP contribution in [0.2, 0.25) is 0 Å². The second-order valence-electron chi connectivity index (χ2n) is 4.35. The summed E-state index contributed by atoms with van der Waals surface area (Å²) in [5.41, 5.74) is 0. The van der Waals surface area contributed by atoms with Gasteiger partial charge in [-0.15, -0.1) is 0 Å². The number of carbonyl (C=O) groups is 1. The fourth-order valence-corrected chi connectivity index (χ4v) is 2.08. The predicted octanol–water partition coefficient (Wildman–Crippen LogP) is 1.58. The van der Waals surface area contributed by atoms with Crippen LogP contribution < -0.4 is 0 Å². The standard InChI is InChI=1S/C11H17N3O/c12-6-9-14(10-4-5-10)11(15)13-7-2-1-3-8-13/h10H,1-5,7-9H2. The predicted molar refractivity (Wildman–Crippen MR) is 56.2 cm³/mol. The summed E-state index contributed by atoms with van der Waals surface area (Å²) in [4.78, 5) is 15.7. The third-order valence-corrected chi connectivity index (χ3v) is 3.10. The highest BCUT2D eigenvalue weighted by Gasteiger charge is 2.34. The molecule has 0 atom stereocenters. The Balaban J connectivity index is 1.93. The Hall–Kier alpha value is -1.24. The lowest BCUT2D eigenvalue weighted by molar-refractivity contribution is 0.146. The van der Waals surface area contributed by atoms with Gasteiger partial charge in [-0.25, -0.2) is 4.79 Å². The van der Waals surface area contributed by atoms with E-state index in [-0.39, 0.29) is 12.6 Å². The van der Waals surface area contributed by atoms with Crippen molar-refractivity contribution < 1.29 is 4.79 Å². The van der Waals surface area contributed by atoms with Gasteiger partial charge in [-0.3, -0.25) is 0 Å². The molecule has 1 aliphatic heterocycles. The number of rotatable bonds is 2. The Kier molecular flexibility index (Phi) is 3.10. The minimum absolute atomic E-state index is 0.0822. The fourth-order valence-electron chi connectivity index (χ4n) is 2.08. The van der Waals surface area contributed by atoms with Crippen LogP contribution in [0.3, 0.4) is 0 Å². The van der Waals surface area contributed by atoms with Crippen LogP contribution in [-0.4, -0.2) is 41.5 Å². The summed E-state index contributed by atoms with van der Waals surface area (Å²) in [5, 5.41) is 8.70. The number of urea groups is 1. The largest absolute Gasteiger partial charge is 0.325 e. The van der Waals surface area contributed by atoms with E-state index in [9.17, 15) is 4.79 Å². The molecule has 0 radical (unpaired) electrons. The van der Waals surface area contributed by atoms with Crippen molar-refractivity contribution in [3.63, 3.8) is 0 Å². The Labute approximate surface area is 90.5 Å². The molecule has 1 saturated carbocycles. The van der Waals surface area contributed by atoms with E-state index in [1.54, 1.807) is 4.90 Å². The zero-order chi connectivity index (χ0) is 10.7. The monoisotopic (exact) mass is 207 g/mol. The van der Waals surface area contributed by atoms with Crippen molar-refractivity contribution in [2.75, 3.05) is 19.6 Å². The van der Waals surface area contributed by atoms with Gasteiger partial charge in [0.1, 0.15) is 6.54 Å². The average Bonchev–Trinajstić information content (AvgIpc) is 3.10. The normalized spacial score (nSPS) is 20.9. The Bertz CT molecular complexity index is 274. The minimum atomic E-state index is 0.0822. The number of amides is 2. The van der Waals surface area contributed by atoms with Crippen LogP contribution in [0.5, 0.6) is 0 Å². The molecule has 4 heteroatoms. The maximum Gasteiger partial charge on any atom is 0.321 e. The van der Waals surface area contributed by atoms with Gasteiger partial charge in [-0.1, -0.05) is 0 Å². The van der Waals surface area contributed by atoms with E-state index in [0.29, 0.717) is 6.04 Å². The molecule has 15 heavy (non-hydrogen) atoms. The highest BCUT2D eigenvalue weighted by atomic mass is 16.2. The smallest absolute Gasteiger partial charge is 0.321 e. The number of nitrogens with zero attached hydrogens (tertiary/aromatic N) is 3. The molecule has 0 aromatic heterocycles. The van der Waals surface area contributed by atoms with Crippen LogP contribution in [0.1, 0.15) is 32.1 Å². The van der Waals surface area contributed by atoms with Gasteiger partial charge in [0.2, 0.25) is 0 Å². The second-order valence-corrected chi connectivity index (χ2v) is 4.35. The van der Waals surface area contributed by atoms with Gasteiger partial charge in [0.25, 0.3) is 0 Å². The Morgan fingerprint density at radius 1 is 1.33 bits per heavy atom. The van der Waals surface area contributed by atoms with Gasteiger partial charge in [-0.2, -0.15) is 5.26 Å². The lowest BCUT2D eigenvalue weighted by Crippen LogP contribution is -2.46. The fraction of sp³-hybridized carbons (Fsp3) is 0.818. The molecule has 1 saturated heterocycles. The van der Waals surface area contributed by atoms with E-state index in [1.807, 2.05) is 4.90 Å². The first kappa shape index (κ1) is 10.3. The van der Waals surface area contributed by atoms with Crippen LogP contribution >= 0.6 is 0 Å². The SMILES string of the molecule is N#CCN(C(=O)N1CCCCC1)C1CC1. The zero-order valence-electron chi connectivity index (χ0n) is 8.98. The third-order valence-electron chi connectivity index (χ3n) is 3.10. The third kappa shape index (κ3) is 2.41. The molecular weight excluding hydrogens is 190 g/mol. The zero-order valence-corrected chi connectivity index (χ0v) is 8.98. The number of carbonyl (C=O) groups excluding carboxylic acids is 1. The number of hydrogen-bond donors (Lipinski definition) is 0. The Morgan fingerprint density at radius 3 is 2.53 bits per heavy atom. The first-order chi connectivity index (χ1) is 7.33. The van der Waals surface area contributed by atoms with Crippen molar-refractivity contribution in [3.05, 3.63) is 0 Å². The topological polar surface area (TPSA) is 47.3 Å². The first-order valence-corrected chi connectivity index (χ1v) is 5.75. The molecule has 0 aromatic rings. The van der Waals surface area contributed by atoms with Gasteiger partial charge >= 0.3 is 6.03 Å². The van der Waals surface area contributed by atoms with Gasteiger partial charge in [0.05, 0.1) is 6.07 Å². The lowest BCUT2D eigenvalue weighted by atomic mass is 10.1. The summed E-state index contributed by atoms with van der Waals surface area (Å²) in [5.74, 6) is 0.